The van der Waals surface area contributed by atoms with E-state index in [4.69, 9.17) is 23.4 Å². The molecular weight excluding hydrogens is 589 g/mol. The van der Waals surface area contributed by atoms with Crippen molar-refractivity contribution in [3.8, 4) is 11.3 Å². The Hall–Kier alpha value is -4.12. The number of hydrogen-bond donors (Lipinski definition) is 2. The minimum Gasteiger partial charge on any atom is -0.414 e. The van der Waals surface area contributed by atoms with Gasteiger partial charge in [-0.1, -0.05) is 47.7 Å². The van der Waals surface area contributed by atoms with Crippen molar-refractivity contribution in [1.82, 2.24) is 35.4 Å². The Morgan fingerprint density at radius 1 is 1.04 bits per heavy atom. The first-order valence-electron chi connectivity index (χ1n) is 14.8. The van der Waals surface area contributed by atoms with Gasteiger partial charge in [-0.3, -0.25) is 9.69 Å². The Morgan fingerprint density at radius 3 is 2.71 bits per heavy atom. The van der Waals surface area contributed by atoms with Gasteiger partial charge in [0.05, 0.1) is 26.0 Å². The number of nitrogens with one attached hydrogen (secondary N) is 1. The lowest BCUT2D eigenvalue weighted by molar-refractivity contribution is -0.320. The van der Waals surface area contributed by atoms with Gasteiger partial charge in [-0.2, -0.15) is 0 Å². The van der Waals surface area contributed by atoms with E-state index in [1.165, 1.54) is 16.8 Å². The summed E-state index contributed by atoms with van der Waals surface area (Å²) in [5.41, 5.74) is 1.72. The van der Waals surface area contributed by atoms with E-state index in [1.54, 1.807) is 18.3 Å². The van der Waals surface area contributed by atoms with Crippen molar-refractivity contribution in [2.45, 2.75) is 36.7 Å². The number of carbonyl (C=O) groups excluding carboxylic acids is 1. The number of aliphatic hydroxyl groups excluding tert-OH is 1. The van der Waals surface area contributed by atoms with Crippen LogP contribution in [0.5, 0.6) is 0 Å². The highest BCUT2D eigenvalue weighted by Crippen LogP contribution is 2.43. The summed E-state index contributed by atoms with van der Waals surface area (Å²) in [6.07, 6.45) is -2.98. The van der Waals surface area contributed by atoms with Crippen LogP contribution >= 0.6 is 0 Å². The van der Waals surface area contributed by atoms with E-state index < -0.39 is 48.5 Å². The van der Waals surface area contributed by atoms with E-state index in [9.17, 15) is 14.3 Å². The Balaban J connectivity index is 1.12. The minimum absolute atomic E-state index is 0.0834. The number of aliphatic hydroxyl groups is 1. The molecule has 4 aromatic rings. The molecule has 0 spiro atoms. The second kappa shape index (κ2) is 13.1. The van der Waals surface area contributed by atoms with Crippen LogP contribution in [-0.2, 0) is 18.9 Å². The third-order valence-corrected chi connectivity index (χ3v) is 8.08. The molecule has 5 heterocycles. The monoisotopic (exact) mass is 621 g/mol. The van der Waals surface area contributed by atoms with Gasteiger partial charge in [0.25, 0.3) is 0 Å². The second-order valence-electron chi connectivity index (χ2n) is 11.0. The molecule has 45 heavy (non-hydrogen) atoms. The van der Waals surface area contributed by atoms with Crippen molar-refractivity contribution in [3.05, 3.63) is 84.0 Å². The van der Waals surface area contributed by atoms with Crippen LogP contribution in [0.15, 0.2) is 65.2 Å². The molecule has 2 aromatic heterocycles. The molecule has 3 fully saturated rings. The first-order valence-corrected chi connectivity index (χ1v) is 14.8. The van der Waals surface area contributed by atoms with Crippen molar-refractivity contribution < 1.29 is 37.7 Å². The fraction of sp³-hybridized carbons (Fsp3) is 0.433. The van der Waals surface area contributed by atoms with Crippen molar-refractivity contribution in [1.29, 1.82) is 0 Å². The summed E-state index contributed by atoms with van der Waals surface area (Å²) in [6, 6.07) is 14.5. The third kappa shape index (κ3) is 6.36. The predicted molar refractivity (Wildman–Crippen MR) is 152 cm³/mol. The number of benzene rings is 2. The first kappa shape index (κ1) is 29.6. The van der Waals surface area contributed by atoms with Crippen molar-refractivity contribution in [2.24, 2.45) is 0 Å². The lowest BCUT2D eigenvalue weighted by Gasteiger charge is -2.47. The molecule has 0 aliphatic carbocycles. The Morgan fingerprint density at radius 2 is 1.89 bits per heavy atom. The van der Waals surface area contributed by atoms with E-state index in [0.717, 1.165) is 18.7 Å². The highest BCUT2D eigenvalue weighted by atomic mass is 19.1. The molecule has 15 heteroatoms. The molecular formula is C30H32FN7O7. The maximum absolute atomic E-state index is 13.9. The van der Waals surface area contributed by atoms with Crippen LogP contribution in [0, 0.1) is 5.82 Å². The van der Waals surface area contributed by atoms with Crippen LogP contribution in [0.1, 0.15) is 40.6 Å². The second-order valence-corrected chi connectivity index (χ2v) is 11.0. The molecule has 0 saturated carbocycles. The summed E-state index contributed by atoms with van der Waals surface area (Å²) >= 11 is 0. The van der Waals surface area contributed by atoms with Crippen LogP contribution in [0.4, 0.5) is 4.39 Å². The molecule has 0 unspecified atom stereocenters. The average molecular weight is 622 g/mol. The van der Waals surface area contributed by atoms with Crippen molar-refractivity contribution >= 4 is 5.91 Å². The summed E-state index contributed by atoms with van der Waals surface area (Å²) in [5.74, 6) is -1.28. The molecule has 236 valence electrons. The van der Waals surface area contributed by atoms with Crippen LogP contribution in [-0.4, -0.2) is 105 Å². The van der Waals surface area contributed by atoms with Gasteiger partial charge in [0.1, 0.15) is 35.9 Å². The fourth-order valence-electron chi connectivity index (χ4n) is 5.77. The van der Waals surface area contributed by atoms with E-state index in [-0.39, 0.29) is 18.4 Å². The number of rotatable bonds is 8. The van der Waals surface area contributed by atoms with Crippen LogP contribution in [0.3, 0.4) is 0 Å². The molecule has 3 aliphatic rings. The molecule has 3 aliphatic heterocycles. The summed E-state index contributed by atoms with van der Waals surface area (Å²) < 4.78 is 45.1. The zero-order valence-corrected chi connectivity index (χ0v) is 24.1. The number of aromatic nitrogens is 5. The number of nitrogens with zero attached hydrogens (tertiary/aromatic N) is 6. The first-order chi connectivity index (χ1) is 22.0. The van der Waals surface area contributed by atoms with E-state index in [2.05, 4.69) is 30.7 Å². The highest BCUT2D eigenvalue weighted by Gasteiger charge is 2.52. The Labute approximate surface area is 257 Å². The molecule has 1 amide bonds. The summed E-state index contributed by atoms with van der Waals surface area (Å²) in [7, 11) is 0. The van der Waals surface area contributed by atoms with Gasteiger partial charge in [0, 0.05) is 37.3 Å². The number of hydrogen-bond acceptors (Lipinski definition) is 12. The number of halogens is 1. The molecule has 0 radical (unpaired) electrons. The number of fused-ring (bicyclic) bond motifs is 1. The molecule has 3 saturated heterocycles. The largest absolute Gasteiger partial charge is 0.414 e. The number of morpholine rings is 1. The maximum atomic E-state index is 13.9. The van der Waals surface area contributed by atoms with Gasteiger partial charge in [-0.25, -0.2) is 9.07 Å². The summed E-state index contributed by atoms with van der Waals surface area (Å²) in [5, 5.41) is 31.0. The minimum atomic E-state index is -1.32. The summed E-state index contributed by atoms with van der Waals surface area (Å²) in [6.45, 7) is 4.10. The normalized spacial score (nSPS) is 27.2. The zero-order valence-electron chi connectivity index (χ0n) is 24.1. The molecule has 0 bridgehead atoms. The van der Waals surface area contributed by atoms with E-state index >= 15 is 0 Å². The quantitative estimate of drug-likeness (QED) is 0.294. The third-order valence-electron chi connectivity index (χ3n) is 8.08. The lowest BCUT2D eigenvalue weighted by atomic mass is 9.91. The molecule has 2 aromatic carbocycles. The molecule has 6 atom stereocenters. The van der Waals surface area contributed by atoms with Gasteiger partial charge in [0.15, 0.2) is 12.4 Å². The summed E-state index contributed by atoms with van der Waals surface area (Å²) in [4.78, 5) is 15.0. The zero-order chi connectivity index (χ0) is 30.8. The van der Waals surface area contributed by atoms with Gasteiger partial charge in [-0.05, 0) is 12.1 Å². The fourth-order valence-corrected chi connectivity index (χ4v) is 5.77. The van der Waals surface area contributed by atoms with E-state index in [0.29, 0.717) is 37.6 Å². The SMILES string of the molecule is O=C(NCCN1CCOCC1)c1nnc([C@@H]2O[C@@H]3CO[C@H](c4ccccc4)O[C@@H]3[C@H](n3cc(-c4cccc(F)c4)nn3)[C@H]2O)o1. The maximum Gasteiger partial charge on any atom is 0.308 e. The van der Waals surface area contributed by atoms with Gasteiger partial charge in [0.2, 0.25) is 5.89 Å². The Kier molecular flexibility index (Phi) is 8.60. The van der Waals surface area contributed by atoms with Crippen molar-refractivity contribution in [3.63, 3.8) is 0 Å². The topological polar surface area (TPSA) is 159 Å². The average Bonchev–Trinajstić information content (AvgIpc) is 3.76. The lowest BCUT2D eigenvalue weighted by Crippen LogP contribution is -2.56. The number of ether oxygens (including phenoxy) is 4. The molecule has 2 N–H and O–H groups in total. The van der Waals surface area contributed by atoms with Gasteiger partial charge in [-0.15, -0.1) is 15.3 Å². The van der Waals surface area contributed by atoms with Crippen LogP contribution < -0.4 is 5.32 Å². The number of amides is 1. The van der Waals surface area contributed by atoms with E-state index in [1.807, 2.05) is 30.3 Å². The molecule has 14 nitrogen and oxygen atoms in total. The molecule has 7 rings (SSSR count). The van der Waals surface area contributed by atoms with Crippen LogP contribution in [0.2, 0.25) is 0 Å². The smallest absolute Gasteiger partial charge is 0.308 e. The van der Waals surface area contributed by atoms with Gasteiger partial charge < -0.3 is 33.8 Å². The standard InChI is InChI=1S/C30H32FN7O7/c31-20-8-4-7-19(15-20)21-16-38(36-33-21)23-24(39)26(43-22-17-42-30(44-25(22)23)18-5-2-1-3-6-18)28-34-35-29(45-28)27(40)32-9-10-37-11-13-41-14-12-37/h1-8,15-16,22-26,30,39H,9-14,17H2,(H,32,40)/t22-,23-,24-,25+,26-,30+/m1/s1. The predicted octanol–water partition coefficient (Wildman–Crippen LogP) is 1.69. The Bertz CT molecular complexity index is 1600. The van der Waals surface area contributed by atoms with Crippen molar-refractivity contribution in [2.75, 3.05) is 46.0 Å². The van der Waals surface area contributed by atoms with Gasteiger partial charge >= 0.3 is 11.8 Å². The number of carbonyl (C=O) groups is 1. The highest BCUT2D eigenvalue weighted by molar-refractivity contribution is 5.89. The van der Waals surface area contributed by atoms with Crippen LogP contribution in [0.25, 0.3) is 11.3 Å².